The van der Waals surface area contributed by atoms with Gasteiger partial charge in [0.2, 0.25) is 0 Å². The summed E-state index contributed by atoms with van der Waals surface area (Å²) in [4.78, 5) is 72.7. The minimum Gasteiger partial charge on any atom is -0.462 e. The number of phosphoric ester groups is 2. The van der Waals surface area contributed by atoms with Crippen molar-refractivity contribution < 1.29 is 80.2 Å². The average Bonchev–Trinajstić information content (AvgIpc) is 1.31. The Morgan fingerprint density at radius 3 is 0.862 bits per heavy atom. The van der Waals surface area contributed by atoms with Crippen molar-refractivity contribution in [1.29, 1.82) is 0 Å². The zero-order valence-electron chi connectivity index (χ0n) is 60.2. The highest BCUT2D eigenvalue weighted by Gasteiger charge is 2.30. The van der Waals surface area contributed by atoms with Crippen LogP contribution in [0.1, 0.15) is 337 Å². The number of carbonyl (C=O) groups is 4. The van der Waals surface area contributed by atoms with Crippen molar-refractivity contribution in [3.05, 3.63) is 48.6 Å². The molecule has 0 radical (unpaired) electrons. The number of unbranched alkanes of at least 4 members (excludes halogenated alkanes) is 34. The second-order valence-electron chi connectivity index (χ2n) is 26.6. The zero-order valence-corrected chi connectivity index (χ0v) is 62.0. The SMILES string of the molecule is CCCCCC/C=C\C=C/CCCCCCCC(=O)OC[C@H](COP(=O)(O)OCC(O)COP(=O)(O)OC[C@@H](COC(=O)CCCCCCCCCC(C)C)OC(=O)CCCCCCCCCCCCCC(C)C)OC(=O)CCCCCCC/C=C\C=C/CCCCCC. The van der Waals surface area contributed by atoms with Crippen molar-refractivity contribution >= 4 is 39.5 Å². The van der Waals surface area contributed by atoms with Gasteiger partial charge in [0.1, 0.15) is 19.3 Å². The van der Waals surface area contributed by atoms with Crippen LogP contribution in [-0.2, 0) is 65.4 Å². The van der Waals surface area contributed by atoms with Gasteiger partial charge >= 0.3 is 39.5 Å². The maximum absolute atomic E-state index is 13.1. The summed E-state index contributed by atoms with van der Waals surface area (Å²) in [6.45, 7) is 9.39. The molecule has 0 rings (SSSR count). The molecule has 3 unspecified atom stereocenters. The van der Waals surface area contributed by atoms with E-state index >= 15 is 0 Å². The number of rotatable bonds is 70. The molecule has 0 spiro atoms. The third kappa shape index (κ3) is 67.6. The molecule has 0 bridgehead atoms. The van der Waals surface area contributed by atoms with Gasteiger partial charge in [-0.2, -0.15) is 0 Å². The number of phosphoric acid groups is 2. The molecule has 0 heterocycles. The zero-order chi connectivity index (χ0) is 69.3. The summed E-state index contributed by atoms with van der Waals surface area (Å²) < 4.78 is 68.4. The monoisotopic (exact) mass is 1370 g/mol. The highest BCUT2D eigenvalue weighted by Crippen LogP contribution is 2.45. The molecule has 0 saturated carbocycles. The summed E-state index contributed by atoms with van der Waals surface area (Å²) in [5.74, 6) is -0.716. The van der Waals surface area contributed by atoms with E-state index in [1.54, 1.807) is 0 Å². The van der Waals surface area contributed by atoms with Crippen molar-refractivity contribution in [2.75, 3.05) is 39.6 Å². The van der Waals surface area contributed by atoms with Crippen LogP contribution in [0.3, 0.4) is 0 Å². The van der Waals surface area contributed by atoms with Crippen molar-refractivity contribution in [2.24, 2.45) is 11.8 Å². The van der Waals surface area contributed by atoms with E-state index in [1.165, 1.54) is 116 Å². The summed E-state index contributed by atoms with van der Waals surface area (Å²) in [6.07, 6.45) is 58.5. The number of carbonyl (C=O) groups excluding carboxylic acids is 4. The van der Waals surface area contributed by atoms with Crippen LogP contribution in [0.4, 0.5) is 0 Å². The highest BCUT2D eigenvalue weighted by atomic mass is 31.2. The molecule has 0 aliphatic carbocycles. The van der Waals surface area contributed by atoms with Crippen molar-refractivity contribution in [3.8, 4) is 0 Å². The van der Waals surface area contributed by atoms with Crippen LogP contribution in [-0.4, -0.2) is 96.7 Å². The Bertz CT molecular complexity index is 2010. The quantitative estimate of drug-likeness (QED) is 0.0169. The molecule has 0 saturated heterocycles. The molecule has 94 heavy (non-hydrogen) atoms. The average molecular weight is 1370 g/mol. The van der Waals surface area contributed by atoms with Gasteiger partial charge in [0.25, 0.3) is 0 Å². The second kappa shape index (κ2) is 65.9. The molecule has 0 amide bonds. The van der Waals surface area contributed by atoms with Crippen LogP contribution in [0.15, 0.2) is 48.6 Å². The fourth-order valence-electron chi connectivity index (χ4n) is 10.4. The van der Waals surface area contributed by atoms with E-state index in [-0.39, 0.29) is 25.7 Å². The Hall–Kier alpha value is -2.98. The normalized spacial score (nSPS) is 14.4. The van der Waals surface area contributed by atoms with Gasteiger partial charge in [-0.3, -0.25) is 37.3 Å². The molecule has 0 aliphatic rings. The number of aliphatic hydroxyl groups is 1. The van der Waals surface area contributed by atoms with Crippen LogP contribution < -0.4 is 0 Å². The van der Waals surface area contributed by atoms with Gasteiger partial charge in [-0.1, -0.05) is 283 Å². The number of aliphatic hydroxyl groups excluding tert-OH is 1. The van der Waals surface area contributed by atoms with E-state index < -0.39 is 97.5 Å². The van der Waals surface area contributed by atoms with Gasteiger partial charge in [0.15, 0.2) is 12.2 Å². The lowest BCUT2D eigenvalue weighted by Crippen LogP contribution is -2.30. The maximum atomic E-state index is 13.1. The number of hydrogen-bond donors (Lipinski definition) is 3. The molecule has 0 aromatic heterocycles. The largest absolute Gasteiger partial charge is 0.472 e. The number of ether oxygens (including phenoxy) is 4. The molecular formula is C75H138O17P2. The van der Waals surface area contributed by atoms with E-state index in [1.807, 2.05) is 0 Å². The van der Waals surface area contributed by atoms with E-state index in [9.17, 15) is 43.2 Å². The maximum Gasteiger partial charge on any atom is 0.472 e. The van der Waals surface area contributed by atoms with Crippen molar-refractivity contribution in [2.45, 2.75) is 355 Å². The minimum atomic E-state index is -4.97. The predicted molar refractivity (Wildman–Crippen MR) is 381 cm³/mol. The first-order valence-corrected chi connectivity index (χ1v) is 40.6. The predicted octanol–water partition coefficient (Wildman–Crippen LogP) is 21.0. The summed E-state index contributed by atoms with van der Waals surface area (Å²) in [6, 6.07) is 0. The smallest absolute Gasteiger partial charge is 0.462 e. The van der Waals surface area contributed by atoms with Gasteiger partial charge in [0.05, 0.1) is 26.4 Å². The Morgan fingerprint density at radius 2 is 0.574 bits per heavy atom. The lowest BCUT2D eigenvalue weighted by atomic mass is 10.0. The Labute approximate surface area is 572 Å². The number of hydrogen-bond acceptors (Lipinski definition) is 15. The summed E-state index contributed by atoms with van der Waals surface area (Å²) in [5, 5.41) is 10.6. The van der Waals surface area contributed by atoms with Gasteiger partial charge < -0.3 is 33.8 Å². The molecule has 550 valence electrons. The topological polar surface area (TPSA) is 237 Å². The minimum absolute atomic E-state index is 0.0779. The molecule has 0 fully saturated rings. The Morgan fingerprint density at radius 1 is 0.330 bits per heavy atom. The first-order valence-electron chi connectivity index (χ1n) is 37.6. The molecule has 5 atom stereocenters. The van der Waals surface area contributed by atoms with Gasteiger partial charge in [-0.05, 0) is 88.9 Å². The van der Waals surface area contributed by atoms with Gasteiger partial charge in [-0.15, -0.1) is 0 Å². The summed E-state index contributed by atoms with van der Waals surface area (Å²) in [7, 11) is -9.93. The fraction of sp³-hybridized carbons (Fsp3) is 0.840. The number of allylic oxidation sites excluding steroid dienone is 8. The molecule has 19 heteroatoms. The first kappa shape index (κ1) is 91.0. The lowest BCUT2D eigenvalue weighted by molar-refractivity contribution is -0.161. The van der Waals surface area contributed by atoms with E-state index in [4.69, 9.17) is 37.0 Å². The third-order valence-corrected chi connectivity index (χ3v) is 18.1. The summed E-state index contributed by atoms with van der Waals surface area (Å²) in [5.41, 5.74) is 0. The third-order valence-electron chi connectivity index (χ3n) is 16.2. The van der Waals surface area contributed by atoms with E-state index in [0.29, 0.717) is 31.6 Å². The molecule has 3 N–H and O–H groups in total. The highest BCUT2D eigenvalue weighted by molar-refractivity contribution is 7.47. The molecule has 0 aromatic rings. The van der Waals surface area contributed by atoms with Crippen molar-refractivity contribution in [3.63, 3.8) is 0 Å². The molecular weight excluding hydrogens is 1230 g/mol. The Kier molecular flexibility index (Phi) is 63.8. The first-order chi connectivity index (χ1) is 45.4. The van der Waals surface area contributed by atoms with Gasteiger partial charge in [-0.25, -0.2) is 9.13 Å². The van der Waals surface area contributed by atoms with Crippen LogP contribution >= 0.6 is 15.6 Å². The van der Waals surface area contributed by atoms with Crippen molar-refractivity contribution in [1.82, 2.24) is 0 Å². The molecule has 0 aliphatic heterocycles. The standard InChI is InChI=1S/C75H138O17P2/c1-7-9-11-13-15-17-19-21-23-25-29-33-39-45-51-57-72(77)85-63-70(91-74(79)59-53-47-40-34-30-26-24-22-20-18-16-14-12-10-8-2)65-89-93(81,82)87-61-69(76)62-88-94(83,84)90-66-71(64-86-73(78)58-52-46-42-36-38-44-50-56-68(5)6)92-75(80)60-54-48-41-35-31-27-28-32-37-43-49-55-67(3)4/h17-24,67-71,76H,7-16,25-66H2,1-6H3,(H,81,82)(H,83,84)/b19-17-,20-18-,23-21-,24-22-/t69?,70-,71-/m1/s1. The fourth-order valence-corrected chi connectivity index (χ4v) is 12.0. The van der Waals surface area contributed by atoms with Crippen LogP contribution in [0.5, 0.6) is 0 Å². The van der Waals surface area contributed by atoms with E-state index in [0.717, 1.165) is 134 Å². The van der Waals surface area contributed by atoms with E-state index in [2.05, 4.69) is 90.2 Å². The molecule has 0 aromatic carbocycles. The van der Waals surface area contributed by atoms with Crippen LogP contribution in [0, 0.1) is 11.8 Å². The lowest BCUT2D eigenvalue weighted by Gasteiger charge is -2.21. The molecule has 17 nitrogen and oxygen atoms in total. The van der Waals surface area contributed by atoms with Crippen LogP contribution in [0.25, 0.3) is 0 Å². The second-order valence-corrected chi connectivity index (χ2v) is 29.5. The summed E-state index contributed by atoms with van der Waals surface area (Å²) >= 11 is 0. The number of esters is 4. The van der Waals surface area contributed by atoms with Gasteiger partial charge in [0, 0.05) is 25.7 Å². The van der Waals surface area contributed by atoms with Crippen LogP contribution in [0.2, 0.25) is 0 Å². The Balaban J connectivity index is 5.33.